The van der Waals surface area contributed by atoms with Crippen molar-refractivity contribution in [3.8, 4) is 0 Å². The molecule has 1 aromatic heterocycles. The topological polar surface area (TPSA) is 57.8 Å². The van der Waals surface area contributed by atoms with Crippen molar-refractivity contribution in [1.82, 2.24) is 9.97 Å². The second kappa shape index (κ2) is 4.85. The first-order valence-corrected chi connectivity index (χ1v) is 6.52. The number of carbonyl (C=O) groups excluding carboxylic acids is 1. The SMILES string of the molecule is O=C(Nc1ccc(Br)cc1)c1cccc2[nH]cnc12. The first kappa shape index (κ1) is 11.9. The van der Waals surface area contributed by atoms with Gasteiger partial charge in [0.05, 0.1) is 17.4 Å². The lowest BCUT2D eigenvalue weighted by Gasteiger charge is -2.05. The molecule has 0 aliphatic rings. The number of H-pyrrole nitrogens is 1. The summed E-state index contributed by atoms with van der Waals surface area (Å²) in [5, 5.41) is 2.85. The summed E-state index contributed by atoms with van der Waals surface area (Å²) >= 11 is 3.36. The van der Waals surface area contributed by atoms with E-state index in [-0.39, 0.29) is 5.91 Å². The van der Waals surface area contributed by atoms with Crippen LogP contribution in [0.4, 0.5) is 5.69 Å². The molecular weight excluding hydrogens is 306 g/mol. The Kier molecular flexibility index (Phi) is 3.05. The smallest absolute Gasteiger partial charge is 0.257 e. The molecule has 0 aliphatic heterocycles. The van der Waals surface area contributed by atoms with Crippen LogP contribution in [0.5, 0.6) is 0 Å². The molecule has 0 unspecified atom stereocenters. The largest absolute Gasteiger partial charge is 0.345 e. The summed E-state index contributed by atoms with van der Waals surface area (Å²) in [4.78, 5) is 19.4. The Morgan fingerprint density at radius 1 is 1.16 bits per heavy atom. The number of para-hydroxylation sites is 1. The number of hydrogen-bond acceptors (Lipinski definition) is 2. The van der Waals surface area contributed by atoms with E-state index >= 15 is 0 Å². The van der Waals surface area contributed by atoms with Crippen molar-refractivity contribution in [2.75, 3.05) is 5.32 Å². The number of amides is 1. The fourth-order valence-electron chi connectivity index (χ4n) is 1.88. The summed E-state index contributed by atoms with van der Waals surface area (Å²) in [6, 6.07) is 12.9. The predicted molar refractivity (Wildman–Crippen MR) is 78.2 cm³/mol. The average Bonchev–Trinajstić information content (AvgIpc) is 2.89. The number of hydrogen-bond donors (Lipinski definition) is 2. The van der Waals surface area contributed by atoms with Gasteiger partial charge in [-0.15, -0.1) is 0 Å². The van der Waals surface area contributed by atoms with Crippen molar-refractivity contribution in [2.45, 2.75) is 0 Å². The Bertz CT molecular complexity index is 734. The van der Waals surface area contributed by atoms with Crippen LogP contribution in [0.2, 0.25) is 0 Å². The van der Waals surface area contributed by atoms with Crippen LogP contribution < -0.4 is 5.32 Å². The van der Waals surface area contributed by atoms with Crippen molar-refractivity contribution in [1.29, 1.82) is 0 Å². The van der Waals surface area contributed by atoms with E-state index in [1.807, 2.05) is 36.4 Å². The molecule has 3 rings (SSSR count). The van der Waals surface area contributed by atoms with Gasteiger partial charge in [0, 0.05) is 10.2 Å². The Hall–Kier alpha value is -2.14. The Morgan fingerprint density at radius 2 is 1.95 bits per heavy atom. The summed E-state index contributed by atoms with van der Waals surface area (Å²) in [7, 11) is 0. The lowest BCUT2D eigenvalue weighted by molar-refractivity contribution is 0.102. The number of aromatic amines is 1. The van der Waals surface area contributed by atoms with E-state index in [0.717, 1.165) is 15.7 Å². The number of imidazole rings is 1. The van der Waals surface area contributed by atoms with Crippen LogP contribution in [0.25, 0.3) is 11.0 Å². The second-order valence-electron chi connectivity index (χ2n) is 4.07. The number of rotatable bonds is 2. The molecule has 0 saturated heterocycles. The standard InChI is InChI=1S/C14H10BrN3O/c15-9-4-6-10(7-5-9)18-14(19)11-2-1-3-12-13(11)17-8-16-12/h1-8H,(H,16,17)(H,18,19). The van der Waals surface area contributed by atoms with Gasteiger partial charge in [-0.25, -0.2) is 4.98 Å². The fraction of sp³-hybridized carbons (Fsp3) is 0. The molecule has 0 aliphatic carbocycles. The summed E-state index contributed by atoms with van der Waals surface area (Å²) in [5.74, 6) is -0.167. The molecule has 1 amide bonds. The van der Waals surface area contributed by atoms with Gasteiger partial charge in [0.1, 0.15) is 5.52 Å². The van der Waals surface area contributed by atoms with Gasteiger partial charge in [0.25, 0.3) is 5.91 Å². The zero-order valence-electron chi connectivity index (χ0n) is 9.85. The normalized spacial score (nSPS) is 10.6. The van der Waals surface area contributed by atoms with Gasteiger partial charge in [-0.05, 0) is 36.4 Å². The zero-order valence-corrected chi connectivity index (χ0v) is 11.4. The maximum absolute atomic E-state index is 12.2. The van der Waals surface area contributed by atoms with Crippen LogP contribution >= 0.6 is 15.9 Å². The van der Waals surface area contributed by atoms with Gasteiger partial charge in [0.15, 0.2) is 0 Å². The van der Waals surface area contributed by atoms with Crippen molar-refractivity contribution < 1.29 is 4.79 Å². The van der Waals surface area contributed by atoms with Gasteiger partial charge in [-0.2, -0.15) is 0 Å². The molecule has 1 heterocycles. The van der Waals surface area contributed by atoms with E-state index in [1.54, 1.807) is 12.4 Å². The summed E-state index contributed by atoms with van der Waals surface area (Å²) in [6.07, 6.45) is 1.58. The highest BCUT2D eigenvalue weighted by atomic mass is 79.9. The van der Waals surface area contributed by atoms with Crippen molar-refractivity contribution in [2.24, 2.45) is 0 Å². The van der Waals surface area contributed by atoms with E-state index in [9.17, 15) is 4.79 Å². The number of anilines is 1. The van der Waals surface area contributed by atoms with Crippen LogP contribution in [0.1, 0.15) is 10.4 Å². The third kappa shape index (κ3) is 2.37. The van der Waals surface area contributed by atoms with E-state index < -0.39 is 0 Å². The third-order valence-electron chi connectivity index (χ3n) is 2.80. The molecule has 0 spiro atoms. The number of carbonyl (C=O) groups is 1. The van der Waals surface area contributed by atoms with E-state index in [0.29, 0.717) is 11.1 Å². The number of nitrogens with one attached hydrogen (secondary N) is 2. The van der Waals surface area contributed by atoms with Crippen molar-refractivity contribution in [3.05, 3.63) is 58.8 Å². The van der Waals surface area contributed by atoms with Crippen LogP contribution in [0.3, 0.4) is 0 Å². The average molecular weight is 316 g/mol. The zero-order chi connectivity index (χ0) is 13.2. The van der Waals surface area contributed by atoms with Crippen LogP contribution in [-0.4, -0.2) is 15.9 Å². The lowest BCUT2D eigenvalue weighted by atomic mass is 10.1. The monoisotopic (exact) mass is 315 g/mol. The molecule has 0 fully saturated rings. The Balaban J connectivity index is 1.92. The van der Waals surface area contributed by atoms with Crippen LogP contribution in [-0.2, 0) is 0 Å². The van der Waals surface area contributed by atoms with Crippen LogP contribution in [0.15, 0.2) is 53.3 Å². The van der Waals surface area contributed by atoms with Crippen molar-refractivity contribution in [3.63, 3.8) is 0 Å². The molecule has 2 N–H and O–H groups in total. The number of halogens is 1. The van der Waals surface area contributed by atoms with Gasteiger partial charge < -0.3 is 10.3 Å². The van der Waals surface area contributed by atoms with E-state index in [1.165, 1.54) is 0 Å². The number of fused-ring (bicyclic) bond motifs is 1. The predicted octanol–water partition coefficient (Wildman–Crippen LogP) is 3.58. The minimum absolute atomic E-state index is 0.167. The van der Waals surface area contributed by atoms with Gasteiger partial charge in [-0.1, -0.05) is 22.0 Å². The highest BCUT2D eigenvalue weighted by Crippen LogP contribution is 2.18. The summed E-state index contributed by atoms with van der Waals surface area (Å²) in [6.45, 7) is 0. The molecule has 0 bridgehead atoms. The number of nitrogens with zero attached hydrogens (tertiary/aromatic N) is 1. The highest BCUT2D eigenvalue weighted by molar-refractivity contribution is 9.10. The second-order valence-corrected chi connectivity index (χ2v) is 4.98. The van der Waals surface area contributed by atoms with Gasteiger partial charge >= 0.3 is 0 Å². The summed E-state index contributed by atoms with van der Waals surface area (Å²) < 4.78 is 0.972. The molecular formula is C14H10BrN3O. The molecule has 0 atom stereocenters. The molecule has 94 valence electrons. The molecule has 0 radical (unpaired) electrons. The fourth-order valence-corrected chi connectivity index (χ4v) is 2.14. The van der Waals surface area contributed by atoms with E-state index in [2.05, 4.69) is 31.2 Å². The molecule has 2 aromatic carbocycles. The van der Waals surface area contributed by atoms with Gasteiger partial charge in [-0.3, -0.25) is 4.79 Å². The number of benzene rings is 2. The van der Waals surface area contributed by atoms with Gasteiger partial charge in [0.2, 0.25) is 0 Å². The number of aromatic nitrogens is 2. The Morgan fingerprint density at radius 3 is 2.74 bits per heavy atom. The Labute approximate surface area is 118 Å². The molecule has 5 heteroatoms. The first-order chi connectivity index (χ1) is 9.24. The maximum Gasteiger partial charge on any atom is 0.257 e. The summed E-state index contributed by atoms with van der Waals surface area (Å²) in [5.41, 5.74) is 2.84. The minimum atomic E-state index is -0.167. The third-order valence-corrected chi connectivity index (χ3v) is 3.33. The lowest BCUT2D eigenvalue weighted by Crippen LogP contribution is -2.12. The quantitative estimate of drug-likeness (QED) is 0.759. The first-order valence-electron chi connectivity index (χ1n) is 5.73. The minimum Gasteiger partial charge on any atom is -0.345 e. The molecule has 0 saturated carbocycles. The maximum atomic E-state index is 12.2. The van der Waals surface area contributed by atoms with E-state index in [4.69, 9.17) is 0 Å². The molecule has 19 heavy (non-hydrogen) atoms. The van der Waals surface area contributed by atoms with Crippen LogP contribution in [0, 0.1) is 0 Å². The molecule has 4 nitrogen and oxygen atoms in total. The highest BCUT2D eigenvalue weighted by Gasteiger charge is 2.11. The van der Waals surface area contributed by atoms with Crippen molar-refractivity contribution >= 4 is 38.6 Å². The molecule has 3 aromatic rings.